The molecule has 0 saturated carbocycles. The Hall–Kier alpha value is -0.340. The lowest BCUT2D eigenvalue weighted by molar-refractivity contribution is -0.700. The first-order valence-corrected chi connectivity index (χ1v) is 4.99. The standard InChI is InChI=1S/C9H15F3N3.HI/c1-2-3-5-15-8-14(7-13-15)6-4-9(10,11)12;/h7-8H,2-6H2,1H3;1H/q+1;/p-1. The van der Waals surface area contributed by atoms with Gasteiger partial charge in [0.2, 0.25) is 6.33 Å². The van der Waals surface area contributed by atoms with Crippen LogP contribution in [0.2, 0.25) is 0 Å². The summed E-state index contributed by atoms with van der Waals surface area (Å²) in [5.74, 6) is 0. The first kappa shape index (κ1) is 15.7. The first-order valence-electron chi connectivity index (χ1n) is 4.99. The number of alkyl halides is 3. The van der Waals surface area contributed by atoms with Gasteiger partial charge in [-0.3, -0.25) is 0 Å². The van der Waals surface area contributed by atoms with Crippen LogP contribution in [0.1, 0.15) is 26.2 Å². The van der Waals surface area contributed by atoms with Crippen LogP contribution in [0.5, 0.6) is 0 Å². The third-order valence-corrected chi connectivity index (χ3v) is 2.02. The van der Waals surface area contributed by atoms with E-state index in [1.54, 1.807) is 11.0 Å². The van der Waals surface area contributed by atoms with Crippen molar-refractivity contribution in [2.24, 2.45) is 0 Å². The molecule has 0 N–H and O–H groups in total. The molecular formula is C9H15F3IN3. The Morgan fingerprint density at radius 1 is 1.38 bits per heavy atom. The minimum Gasteiger partial charge on any atom is -1.00 e. The van der Waals surface area contributed by atoms with Gasteiger partial charge in [0.25, 0.3) is 6.33 Å². The third kappa shape index (κ3) is 6.29. The highest BCUT2D eigenvalue weighted by Gasteiger charge is 2.27. The zero-order chi connectivity index (χ0) is 11.3. The number of rotatable bonds is 5. The van der Waals surface area contributed by atoms with Crippen LogP contribution in [0.3, 0.4) is 0 Å². The second-order valence-corrected chi connectivity index (χ2v) is 3.47. The Balaban J connectivity index is 0.00000225. The molecule has 0 aliphatic carbocycles. The predicted molar refractivity (Wildman–Crippen MR) is 48.0 cm³/mol. The quantitative estimate of drug-likeness (QED) is 0.490. The Morgan fingerprint density at radius 3 is 2.62 bits per heavy atom. The fraction of sp³-hybridized carbons (Fsp3) is 0.778. The van der Waals surface area contributed by atoms with Gasteiger partial charge in [0.15, 0.2) is 0 Å². The van der Waals surface area contributed by atoms with Crippen molar-refractivity contribution < 1.29 is 41.7 Å². The summed E-state index contributed by atoms with van der Waals surface area (Å²) >= 11 is 0. The van der Waals surface area contributed by atoms with Gasteiger partial charge in [0.05, 0.1) is 13.0 Å². The second-order valence-electron chi connectivity index (χ2n) is 3.47. The topological polar surface area (TPSA) is 21.7 Å². The molecule has 1 rings (SSSR count). The van der Waals surface area contributed by atoms with E-state index in [4.69, 9.17) is 0 Å². The molecule has 0 saturated heterocycles. The maximum atomic E-state index is 11.9. The molecule has 1 aromatic heterocycles. The van der Waals surface area contributed by atoms with Crippen molar-refractivity contribution in [3.05, 3.63) is 12.7 Å². The summed E-state index contributed by atoms with van der Waals surface area (Å²) in [6, 6.07) is 0. The number of hydrogen-bond acceptors (Lipinski definition) is 1. The number of hydrogen-bond donors (Lipinski definition) is 0. The van der Waals surface area contributed by atoms with Gasteiger partial charge in [-0.2, -0.15) is 13.2 Å². The molecule has 0 aliphatic heterocycles. The van der Waals surface area contributed by atoms with E-state index in [0.29, 0.717) is 0 Å². The molecule has 0 aromatic carbocycles. The van der Waals surface area contributed by atoms with Gasteiger partial charge in [-0.1, -0.05) is 13.3 Å². The summed E-state index contributed by atoms with van der Waals surface area (Å²) in [6.45, 7) is 2.76. The Morgan fingerprint density at radius 2 is 2.06 bits per heavy atom. The van der Waals surface area contributed by atoms with Crippen LogP contribution in [0.4, 0.5) is 13.2 Å². The molecule has 0 atom stereocenters. The van der Waals surface area contributed by atoms with Crippen LogP contribution >= 0.6 is 0 Å². The number of aryl methyl sites for hydroxylation is 2. The molecule has 16 heavy (non-hydrogen) atoms. The average Bonchev–Trinajstić information content (AvgIpc) is 2.58. The lowest BCUT2D eigenvalue weighted by Gasteiger charge is -2.02. The molecule has 94 valence electrons. The smallest absolute Gasteiger partial charge is 0.392 e. The predicted octanol–water partition coefficient (Wildman–Crippen LogP) is -1.07. The summed E-state index contributed by atoms with van der Waals surface area (Å²) in [5.41, 5.74) is 0. The maximum Gasteiger partial charge on any atom is 0.392 e. The Bertz CT molecular complexity index is 298. The monoisotopic (exact) mass is 349 g/mol. The zero-order valence-corrected chi connectivity index (χ0v) is 11.2. The number of halogens is 4. The van der Waals surface area contributed by atoms with E-state index in [0.717, 1.165) is 19.4 Å². The Labute approximate surface area is 110 Å². The van der Waals surface area contributed by atoms with Gasteiger partial charge in [-0.05, 0) is 6.42 Å². The second kappa shape index (κ2) is 7.08. The van der Waals surface area contributed by atoms with Gasteiger partial charge in [-0.25, -0.2) is 4.57 Å². The maximum absolute atomic E-state index is 11.9. The van der Waals surface area contributed by atoms with Crippen LogP contribution in [0, 0.1) is 0 Å². The highest BCUT2D eigenvalue weighted by atomic mass is 127. The van der Waals surface area contributed by atoms with Crippen molar-refractivity contribution in [3.63, 3.8) is 0 Å². The molecule has 1 aromatic rings. The highest BCUT2D eigenvalue weighted by molar-refractivity contribution is 4.48. The van der Waals surface area contributed by atoms with E-state index < -0.39 is 12.6 Å². The molecule has 0 aliphatic rings. The van der Waals surface area contributed by atoms with Crippen molar-refractivity contribution in [3.8, 4) is 0 Å². The van der Waals surface area contributed by atoms with E-state index in [9.17, 15) is 13.2 Å². The van der Waals surface area contributed by atoms with Crippen LogP contribution in [0.25, 0.3) is 0 Å². The summed E-state index contributed by atoms with van der Waals surface area (Å²) in [6.07, 6.45) is 0.168. The molecule has 3 nitrogen and oxygen atoms in total. The van der Waals surface area contributed by atoms with Gasteiger partial charge in [-0.15, -0.1) is 4.68 Å². The van der Waals surface area contributed by atoms with E-state index in [1.807, 2.05) is 0 Å². The van der Waals surface area contributed by atoms with Crippen molar-refractivity contribution in [1.82, 2.24) is 9.78 Å². The van der Waals surface area contributed by atoms with Crippen LogP contribution in [-0.4, -0.2) is 16.0 Å². The molecule has 0 bridgehead atoms. The third-order valence-electron chi connectivity index (χ3n) is 2.02. The first-order chi connectivity index (χ1) is 7.01. The molecule has 0 unspecified atom stereocenters. The SMILES string of the molecule is CCCCn1c[n+](CCC(F)(F)F)cn1.[I-]. The van der Waals surface area contributed by atoms with Gasteiger partial charge in [0, 0.05) is 5.10 Å². The van der Waals surface area contributed by atoms with Gasteiger partial charge < -0.3 is 24.0 Å². The molecule has 1 heterocycles. The fourth-order valence-corrected chi connectivity index (χ4v) is 1.17. The lowest BCUT2D eigenvalue weighted by atomic mass is 10.3. The van der Waals surface area contributed by atoms with Crippen molar-refractivity contribution in [2.75, 3.05) is 0 Å². The number of unbranched alkanes of at least 4 members (excludes halogenated alkanes) is 1. The van der Waals surface area contributed by atoms with Gasteiger partial charge >= 0.3 is 6.18 Å². The molecule has 0 spiro atoms. The summed E-state index contributed by atoms with van der Waals surface area (Å²) < 4.78 is 38.9. The van der Waals surface area contributed by atoms with Crippen molar-refractivity contribution in [2.45, 2.75) is 45.5 Å². The minimum atomic E-state index is -4.10. The number of nitrogens with zero attached hydrogens (tertiary/aromatic N) is 3. The molecule has 0 radical (unpaired) electrons. The summed E-state index contributed by atoms with van der Waals surface area (Å²) in [4.78, 5) is 0. The van der Waals surface area contributed by atoms with E-state index >= 15 is 0 Å². The Kier molecular flexibility index (Phi) is 6.93. The van der Waals surface area contributed by atoms with Crippen LogP contribution < -0.4 is 28.5 Å². The van der Waals surface area contributed by atoms with Crippen LogP contribution in [0.15, 0.2) is 12.7 Å². The highest BCUT2D eigenvalue weighted by Crippen LogP contribution is 2.18. The summed E-state index contributed by atoms with van der Waals surface area (Å²) in [5, 5.41) is 3.97. The summed E-state index contributed by atoms with van der Waals surface area (Å²) in [7, 11) is 0. The minimum absolute atomic E-state index is 0. The zero-order valence-electron chi connectivity index (χ0n) is 9.04. The molecule has 0 fully saturated rings. The van der Waals surface area contributed by atoms with E-state index in [2.05, 4.69) is 12.0 Å². The molecule has 7 heteroatoms. The van der Waals surface area contributed by atoms with Crippen LogP contribution in [-0.2, 0) is 13.1 Å². The average molecular weight is 349 g/mol. The normalized spacial score (nSPS) is 11.2. The van der Waals surface area contributed by atoms with E-state index in [-0.39, 0.29) is 30.5 Å². The number of aromatic nitrogens is 3. The largest absolute Gasteiger partial charge is 1.00 e. The van der Waals surface area contributed by atoms with Crippen molar-refractivity contribution >= 4 is 0 Å². The fourth-order valence-electron chi connectivity index (χ4n) is 1.17. The molecule has 0 amide bonds. The van der Waals surface area contributed by atoms with Gasteiger partial charge in [0.1, 0.15) is 6.54 Å². The molecular weight excluding hydrogens is 334 g/mol. The van der Waals surface area contributed by atoms with E-state index in [1.165, 1.54) is 10.9 Å². The van der Waals surface area contributed by atoms with Crippen molar-refractivity contribution in [1.29, 1.82) is 0 Å². The lowest BCUT2D eigenvalue weighted by Crippen LogP contribution is -3.00.